The van der Waals surface area contributed by atoms with Crippen LogP contribution in [0.25, 0.3) is 0 Å². The Morgan fingerprint density at radius 2 is 1.53 bits per heavy atom. The molecule has 0 atom stereocenters. The molecule has 3 N–H and O–H groups in total. The van der Waals surface area contributed by atoms with E-state index in [1.54, 1.807) is 13.8 Å². The van der Waals surface area contributed by atoms with Gasteiger partial charge in [0.05, 0.1) is 6.42 Å². The van der Waals surface area contributed by atoms with Crippen molar-refractivity contribution in [1.29, 1.82) is 0 Å². The first kappa shape index (κ1) is 20.3. The normalized spacial score (nSPS) is 8.12. The minimum absolute atomic E-state index is 0.0556. The molecule has 0 aliphatic rings. The fourth-order valence-electron chi connectivity index (χ4n) is 0.266. The van der Waals surface area contributed by atoms with Gasteiger partial charge in [-0.15, -0.1) is 6.58 Å². The Hall–Kier alpha value is -2.11. The van der Waals surface area contributed by atoms with Crippen LogP contribution in [0.3, 0.4) is 0 Å². The second kappa shape index (κ2) is 16.3. The smallest absolute Gasteiger partial charge is 0.327 e. The minimum atomic E-state index is -0.891. The minimum Gasteiger partial charge on any atom is -0.481 e. The highest BCUT2D eigenvalue weighted by molar-refractivity contribution is 5.79. The number of hydrogen-bond acceptors (Lipinski definition) is 3. The highest BCUT2D eigenvalue weighted by Gasteiger charge is 1.84. The summed E-state index contributed by atoms with van der Waals surface area (Å²) in [4.78, 5) is 28.4. The van der Waals surface area contributed by atoms with E-state index in [0.29, 0.717) is 0 Å². The summed E-state index contributed by atoms with van der Waals surface area (Å²) in [6.07, 6.45) is 4.19. The average Bonchev–Trinajstić information content (AvgIpc) is 2.19. The maximum atomic E-state index is 9.53. The molecule has 0 saturated heterocycles. The Morgan fingerprint density at radius 1 is 1.12 bits per heavy atom. The molecule has 0 unspecified atom stereocenters. The number of aliphatic carboxylic acids is 3. The van der Waals surface area contributed by atoms with Gasteiger partial charge in [0.25, 0.3) is 0 Å². The van der Waals surface area contributed by atoms with Gasteiger partial charge in [0.15, 0.2) is 0 Å². The quantitative estimate of drug-likeness (QED) is 0.515. The summed E-state index contributed by atoms with van der Waals surface area (Å²) < 4.78 is 0. The van der Waals surface area contributed by atoms with Gasteiger partial charge in [-0.05, 0) is 6.92 Å². The van der Waals surface area contributed by atoms with Crippen molar-refractivity contribution >= 4 is 17.9 Å². The molecule has 17 heavy (non-hydrogen) atoms. The van der Waals surface area contributed by atoms with Gasteiger partial charge in [0, 0.05) is 12.5 Å². The third-order valence-corrected chi connectivity index (χ3v) is 0.931. The Morgan fingerprint density at radius 3 is 1.53 bits per heavy atom. The second-order valence-electron chi connectivity index (χ2n) is 2.47. The van der Waals surface area contributed by atoms with E-state index in [-0.39, 0.29) is 12.8 Å². The molecule has 0 aromatic carbocycles. The lowest BCUT2D eigenvalue weighted by Crippen LogP contribution is -1.88. The summed E-state index contributed by atoms with van der Waals surface area (Å²) in [6.45, 7) is 6.48. The molecule has 0 fully saturated rings. The molecule has 6 nitrogen and oxygen atoms in total. The highest BCUT2D eigenvalue weighted by Crippen LogP contribution is 1.74. The molecule has 0 saturated carbocycles. The number of hydrogen-bond donors (Lipinski definition) is 3. The Labute approximate surface area is 99.9 Å². The fourth-order valence-corrected chi connectivity index (χ4v) is 0.266. The van der Waals surface area contributed by atoms with Gasteiger partial charge in [0.1, 0.15) is 0 Å². The molecule has 6 heteroatoms. The van der Waals surface area contributed by atoms with Crippen molar-refractivity contribution in [2.45, 2.75) is 26.7 Å². The van der Waals surface area contributed by atoms with Gasteiger partial charge in [-0.1, -0.05) is 19.1 Å². The van der Waals surface area contributed by atoms with Crippen LogP contribution in [0, 0.1) is 0 Å². The molecule has 0 aliphatic carbocycles. The summed E-state index contributed by atoms with van der Waals surface area (Å²) in [5, 5.41) is 23.4. The molecule has 0 heterocycles. The molecule has 0 aliphatic heterocycles. The van der Waals surface area contributed by atoms with Crippen molar-refractivity contribution in [1.82, 2.24) is 0 Å². The van der Waals surface area contributed by atoms with E-state index < -0.39 is 17.9 Å². The molecule has 0 aromatic heterocycles. The number of carboxylic acids is 3. The first-order chi connectivity index (χ1) is 7.81. The van der Waals surface area contributed by atoms with Gasteiger partial charge in [-0.25, -0.2) is 4.79 Å². The van der Waals surface area contributed by atoms with Crippen molar-refractivity contribution in [2.75, 3.05) is 0 Å². The van der Waals surface area contributed by atoms with Crippen LogP contribution in [0.1, 0.15) is 26.7 Å². The average molecular weight is 246 g/mol. The zero-order chi connectivity index (χ0) is 14.3. The molecule has 0 amide bonds. The van der Waals surface area contributed by atoms with Crippen molar-refractivity contribution in [3.8, 4) is 0 Å². The van der Waals surface area contributed by atoms with Gasteiger partial charge in [0.2, 0.25) is 0 Å². The second-order valence-corrected chi connectivity index (χ2v) is 2.47. The van der Waals surface area contributed by atoms with Gasteiger partial charge in [-0.3, -0.25) is 9.59 Å². The highest BCUT2D eigenvalue weighted by atomic mass is 16.4. The van der Waals surface area contributed by atoms with Crippen LogP contribution in [0.2, 0.25) is 0 Å². The molecular formula is C11H18O6. The Bertz CT molecular complexity index is 267. The van der Waals surface area contributed by atoms with Gasteiger partial charge < -0.3 is 15.3 Å². The lowest BCUT2D eigenvalue weighted by atomic mass is 10.4. The van der Waals surface area contributed by atoms with Crippen molar-refractivity contribution in [2.24, 2.45) is 0 Å². The van der Waals surface area contributed by atoms with Crippen LogP contribution in [-0.4, -0.2) is 33.2 Å². The van der Waals surface area contributed by atoms with E-state index in [9.17, 15) is 14.4 Å². The van der Waals surface area contributed by atoms with Gasteiger partial charge in [-0.2, -0.15) is 0 Å². The van der Waals surface area contributed by atoms with E-state index in [1.165, 1.54) is 12.2 Å². The predicted molar refractivity (Wildman–Crippen MR) is 62.8 cm³/mol. The van der Waals surface area contributed by atoms with Crippen LogP contribution in [0.15, 0.2) is 24.8 Å². The number of carboxylic acid groups (broad SMARTS) is 3. The monoisotopic (exact) mass is 246 g/mol. The third-order valence-electron chi connectivity index (χ3n) is 0.931. The van der Waals surface area contributed by atoms with E-state index in [2.05, 4.69) is 6.58 Å². The van der Waals surface area contributed by atoms with E-state index in [1.807, 2.05) is 0 Å². The number of allylic oxidation sites excluding steroid dienone is 1. The molecule has 0 aromatic rings. The van der Waals surface area contributed by atoms with Crippen molar-refractivity contribution in [3.63, 3.8) is 0 Å². The van der Waals surface area contributed by atoms with Crippen LogP contribution in [-0.2, 0) is 14.4 Å². The zero-order valence-corrected chi connectivity index (χ0v) is 9.92. The maximum Gasteiger partial charge on any atom is 0.327 e. The predicted octanol–water partition coefficient (Wildman–Crippen LogP) is 1.78. The summed E-state index contributed by atoms with van der Waals surface area (Å²) >= 11 is 0. The molecule has 0 radical (unpaired) electrons. The topological polar surface area (TPSA) is 112 Å². The molecule has 0 bridgehead atoms. The van der Waals surface area contributed by atoms with E-state index in [0.717, 1.165) is 6.08 Å². The summed E-state index contributed by atoms with van der Waals surface area (Å²) in [7, 11) is 0. The van der Waals surface area contributed by atoms with Crippen LogP contribution < -0.4 is 0 Å². The number of carbonyl (C=O) groups is 3. The standard InChI is InChI=1S/2C4H6O2.C3H6O2/c2*1-2-3-4(5)6;1-2-3(4)5/h2-3H,1H3,(H,5,6);2H,1,3H2,(H,5,6);2H2,1H3,(H,4,5). The molecule has 98 valence electrons. The lowest BCUT2D eigenvalue weighted by Gasteiger charge is -1.75. The summed E-state index contributed by atoms with van der Waals surface area (Å²) in [5.41, 5.74) is 0. The van der Waals surface area contributed by atoms with Crippen molar-refractivity contribution < 1.29 is 29.7 Å². The molecule has 0 spiro atoms. The maximum absolute atomic E-state index is 9.53. The molecule has 0 rings (SSSR count). The van der Waals surface area contributed by atoms with E-state index in [4.69, 9.17) is 15.3 Å². The largest absolute Gasteiger partial charge is 0.481 e. The van der Waals surface area contributed by atoms with Crippen molar-refractivity contribution in [3.05, 3.63) is 24.8 Å². The first-order valence-corrected chi connectivity index (χ1v) is 4.71. The Kier molecular flexibility index (Phi) is 19.5. The zero-order valence-electron chi connectivity index (χ0n) is 9.92. The van der Waals surface area contributed by atoms with Crippen LogP contribution in [0.5, 0.6) is 0 Å². The molecular weight excluding hydrogens is 228 g/mol. The van der Waals surface area contributed by atoms with E-state index >= 15 is 0 Å². The lowest BCUT2D eigenvalue weighted by molar-refractivity contribution is -0.137. The first-order valence-electron chi connectivity index (χ1n) is 4.71. The summed E-state index contributed by atoms with van der Waals surface area (Å²) in [6, 6.07) is 0. The van der Waals surface area contributed by atoms with Crippen LogP contribution in [0.4, 0.5) is 0 Å². The Balaban J connectivity index is -0.000000174. The van der Waals surface area contributed by atoms with Gasteiger partial charge >= 0.3 is 17.9 Å². The third kappa shape index (κ3) is 56.6. The number of rotatable bonds is 4. The van der Waals surface area contributed by atoms with Crippen LogP contribution >= 0.6 is 0 Å². The summed E-state index contributed by atoms with van der Waals surface area (Å²) in [5.74, 6) is -2.47. The SMILES string of the molecule is C=CCC(=O)O.CC=CC(=O)O.CCC(=O)O. The fraction of sp³-hybridized carbons (Fsp3) is 0.364.